The molecule has 0 amide bonds. The van der Waals surface area contributed by atoms with Crippen molar-refractivity contribution in [2.24, 2.45) is 16.9 Å². The second kappa shape index (κ2) is 9.89. The molecule has 1 saturated carbocycles. The van der Waals surface area contributed by atoms with E-state index in [1.165, 1.54) is 31.4 Å². The first-order valence-corrected chi connectivity index (χ1v) is 10.4. The van der Waals surface area contributed by atoms with E-state index < -0.39 is 0 Å². The van der Waals surface area contributed by atoms with Crippen LogP contribution in [-0.2, 0) is 4.79 Å². The molecule has 1 fully saturated rings. The maximum atomic E-state index is 12.1. The van der Waals surface area contributed by atoms with E-state index in [0.29, 0.717) is 23.5 Å². The summed E-state index contributed by atoms with van der Waals surface area (Å²) in [4.78, 5) is 12.1. The topological polar surface area (TPSA) is 34.4 Å². The number of rotatable bonds is 10. The number of carbonyl (C=O) groups is 1. The van der Waals surface area contributed by atoms with Crippen molar-refractivity contribution in [3.63, 3.8) is 0 Å². The van der Waals surface area contributed by atoms with Gasteiger partial charge in [0.1, 0.15) is 5.78 Å². The van der Waals surface area contributed by atoms with Crippen LogP contribution in [0, 0.1) is 11.8 Å². The minimum absolute atomic E-state index is 0.457. The molecule has 0 saturated heterocycles. The highest BCUT2D eigenvalue weighted by molar-refractivity contribution is 5.78. The largest absolute Gasteiger partial charge is 0.300 e. The van der Waals surface area contributed by atoms with Gasteiger partial charge < -0.3 is 0 Å². The summed E-state index contributed by atoms with van der Waals surface area (Å²) in [5.74, 6) is 2.27. The van der Waals surface area contributed by atoms with Crippen LogP contribution in [0.2, 0.25) is 0 Å². The average Bonchev–Trinajstić information content (AvgIpc) is 3.17. The standard InChI is InChI=1S/C23H36N2O/c1-6-8-9-10-20(26)12-11-19-15-18(5)21(16-19)23-14-13-22(17(3)4)25(23)24-7-2/h7,13-14,18-19,21H,3,6,8-12,15-16H2,1-2,4-5H3/b24-7-/t18-,19?,21?/m1/s1. The van der Waals surface area contributed by atoms with E-state index in [2.05, 4.69) is 42.3 Å². The van der Waals surface area contributed by atoms with Crippen LogP contribution in [0.4, 0.5) is 0 Å². The number of carbonyl (C=O) groups excluding carboxylic acids is 1. The molecule has 1 heterocycles. The van der Waals surface area contributed by atoms with Crippen molar-refractivity contribution in [3.8, 4) is 0 Å². The summed E-state index contributed by atoms with van der Waals surface area (Å²) in [6, 6.07) is 4.36. The van der Waals surface area contributed by atoms with Crippen LogP contribution >= 0.6 is 0 Å². The molecule has 1 aliphatic rings. The van der Waals surface area contributed by atoms with Crippen molar-refractivity contribution in [1.29, 1.82) is 0 Å². The van der Waals surface area contributed by atoms with Crippen LogP contribution in [0.15, 0.2) is 23.8 Å². The molecule has 0 radical (unpaired) electrons. The van der Waals surface area contributed by atoms with Crippen LogP contribution in [-0.4, -0.2) is 16.7 Å². The number of aromatic nitrogens is 1. The predicted octanol–water partition coefficient (Wildman–Crippen LogP) is 6.43. The van der Waals surface area contributed by atoms with Crippen molar-refractivity contribution in [2.45, 2.75) is 85.0 Å². The fourth-order valence-corrected chi connectivity index (χ4v) is 4.38. The zero-order chi connectivity index (χ0) is 19.1. The predicted molar refractivity (Wildman–Crippen MR) is 112 cm³/mol. The van der Waals surface area contributed by atoms with E-state index in [-0.39, 0.29) is 0 Å². The highest BCUT2D eigenvalue weighted by Crippen LogP contribution is 2.45. The number of hydrogen-bond donors (Lipinski definition) is 0. The summed E-state index contributed by atoms with van der Waals surface area (Å²) >= 11 is 0. The fraction of sp³-hybridized carbons (Fsp3) is 0.652. The molecule has 2 rings (SSSR count). The Hall–Kier alpha value is -1.64. The third-order valence-corrected chi connectivity index (χ3v) is 5.80. The Balaban J connectivity index is 1.98. The SMILES string of the molecule is C=C(C)c1ccc(C2CC(CCC(=O)CCCCC)C[C@H]2C)n1/N=C\C. The Morgan fingerprint density at radius 2 is 2.08 bits per heavy atom. The summed E-state index contributed by atoms with van der Waals surface area (Å²) < 4.78 is 2.07. The van der Waals surface area contributed by atoms with Crippen molar-refractivity contribution in [2.75, 3.05) is 0 Å². The second-order valence-corrected chi connectivity index (χ2v) is 8.06. The quantitative estimate of drug-likeness (QED) is 0.351. The first-order chi connectivity index (χ1) is 12.5. The van der Waals surface area contributed by atoms with Gasteiger partial charge in [0.2, 0.25) is 0 Å². The summed E-state index contributed by atoms with van der Waals surface area (Å²) in [7, 11) is 0. The van der Waals surface area contributed by atoms with Crippen molar-refractivity contribution in [3.05, 3.63) is 30.1 Å². The van der Waals surface area contributed by atoms with E-state index in [1.807, 2.05) is 20.1 Å². The third kappa shape index (κ3) is 5.18. The van der Waals surface area contributed by atoms with E-state index in [9.17, 15) is 4.79 Å². The first-order valence-electron chi connectivity index (χ1n) is 10.4. The van der Waals surface area contributed by atoms with E-state index in [1.54, 1.807) is 0 Å². The second-order valence-electron chi connectivity index (χ2n) is 8.06. The molecule has 0 aromatic carbocycles. The molecule has 144 valence electrons. The molecule has 1 aromatic rings. The first kappa shape index (κ1) is 20.7. The van der Waals surface area contributed by atoms with E-state index in [4.69, 9.17) is 0 Å². The summed E-state index contributed by atoms with van der Waals surface area (Å²) in [5.41, 5.74) is 3.44. The summed E-state index contributed by atoms with van der Waals surface area (Å²) in [6.07, 6.45) is 10.2. The lowest BCUT2D eigenvalue weighted by Crippen LogP contribution is -2.09. The minimum Gasteiger partial charge on any atom is -0.300 e. The van der Waals surface area contributed by atoms with Gasteiger partial charge in [0.15, 0.2) is 0 Å². The molecule has 26 heavy (non-hydrogen) atoms. The Morgan fingerprint density at radius 1 is 1.31 bits per heavy atom. The molecular weight excluding hydrogens is 320 g/mol. The Labute approximate surface area is 159 Å². The van der Waals surface area contributed by atoms with Crippen LogP contribution in [0.1, 0.15) is 96.4 Å². The maximum Gasteiger partial charge on any atom is 0.132 e. The molecule has 3 heteroatoms. The lowest BCUT2D eigenvalue weighted by molar-refractivity contribution is -0.119. The highest BCUT2D eigenvalue weighted by Gasteiger charge is 2.34. The number of ketones is 1. The monoisotopic (exact) mass is 356 g/mol. The van der Waals surface area contributed by atoms with Gasteiger partial charge in [-0.1, -0.05) is 33.3 Å². The molecule has 3 atom stereocenters. The molecule has 1 aromatic heterocycles. The highest BCUT2D eigenvalue weighted by atomic mass is 16.1. The number of nitrogens with zero attached hydrogens (tertiary/aromatic N) is 2. The smallest absolute Gasteiger partial charge is 0.132 e. The van der Waals surface area contributed by atoms with E-state index in [0.717, 1.165) is 37.0 Å². The number of hydrogen-bond acceptors (Lipinski definition) is 2. The number of Topliss-reactive ketones (excluding diaryl/α,β-unsaturated/α-hetero) is 1. The zero-order valence-corrected chi connectivity index (χ0v) is 17.1. The summed E-state index contributed by atoms with van der Waals surface area (Å²) in [6.45, 7) is 12.6. The van der Waals surface area contributed by atoms with Gasteiger partial charge in [-0.05, 0) is 69.1 Å². The zero-order valence-electron chi connectivity index (χ0n) is 17.1. The molecule has 2 unspecified atom stereocenters. The number of unbranched alkanes of at least 4 members (excludes halogenated alkanes) is 2. The lowest BCUT2D eigenvalue weighted by atomic mass is 9.94. The maximum absolute atomic E-state index is 12.1. The molecule has 3 nitrogen and oxygen atoms in total. The molecule has 1 aliphatic carbocycles. The Bertz CT molecular complexity index is 641. The molecule has 0 spiro atoms. The average molecular weight is 357 g/mol. The van der Waals surface area contributed by atoms with Gasteiger partial charge in [-0.15, -0.1) is 0 Å². The third-order valence-electron chi connectivity index (χ3n) is 5.80. The van der Waals surface area contributed by atoms with Crippen LogP contribution < -0.4 is 0 Å². The van der Waals surface area contributed by atoms with Crippen LogP contribution in [0.25, 0.3) is 5.57 Å². The van der Waals surface area contributed by atoms with Crippen molar-refractivity contribution in [1.82, 2.24) is 4.68 Å². The number of allylic oxidation sites excluding steroid dienone is 1. The summed E-state index contributed by atoms with van der Waals surface area (Å²) in [5, 5.41) is 4.58. The van der Waals surface area contributed by atoms with Crippen molar-refractivity contribution < 1.29 is 4.79 Å². The molecule has 0 N–H and O–H groups in total. The van der Waals surface area contributed by atoms with Crippen LogP contribution in [0.3, 0.4) is 0 Å². The van der Waals surface area contributed by atoms with Gasteiger partial charge in [0, 0.05) is 30.7 Å². The molecular formula is C23H36N2O. The Kier molecular flexibility index (Phi) is 7.86. The van der Waals surface area contributed by atoms with Gasteiger partial charge in [-0.25, -0.2) is 4.68 Å². The van der Waals surface area contributed by atoms with Gasteiger partial charge in [0.05, 0.1) is 5.69 Å². The molecule has 0 aliphatic heterocycles. The van der Waals surface area contributed by atoms with Gasteiger partial charge in [-0.3, -0.25) is 4.79 Å². The van der Waals surface area contributed by atoms with Crippen molar-refractivity contribution >= 4 is 17.6 Å². The minimum atomic E-state index is 0.457. The van der Waals surface area contributed by atoms with Gasteiger partial charge in [-0.2, -0.15) is 5.10 Å². The molecule has 0 bridgehead atoms. The van der Waals surface area contributed by atoms with Crippen LogP contribution in [0.5, 0.6) is 0 Å². The Morgan fingerprint density at radius 3 is 2.73 bits per heavy atom. The van der Waals surface area contributed by atoms with E-state index >= 15 is 0 Å². The fourth-order valence-electron chi connectivity index (χ4n) is 4.38. The lowest BCUT2D eigenvalue weighted by Gasteiger charge is -2.17. The van der Waals surface area contributed by atoms with Gasteiger partial charge in [0.25, 0.3) is 0 Å². The van der Waals surface area contributed by atoms with Gasteiger partial charge >= 0.3 is 0 Å². The normalized spacial score (nSPS) is 23.0.